The SMILES string of the molecule is CC[C@H](C)[C@H](NC(=O)[C@H](CC(C)C)NC(=O)[C@@H](CCC(=O)O)NC(=O)[C@@H](N)CC(=O)O)C(=O)N[C@@H](CC1CCCCC1)C(=O)N[C@@H](CS)C(=O)N1CCC[C@H]1C(=O)N[C@@H](CC1CCCCC1)C(=O)N[C@@H](CC(N)=O)C(=O)N[C@@H](CC(C)C)C(N)=O. The second kappa shape index (κ2) is 36.4. The fraction of sp³-hybridized carbons (Fsp3) is 0.772. The molecule has 0 unspecified atom stereocenters. The number of hydrogen-bond donors (Lipinski definition) is 14. The van der Waals surface area contributed by atoms with E-state index in [1.54, 1.807) is 27.7 Å². The molecule has 0 aromatic carbocycles. The van der Waals surface area contributed by atoms with Crippen LogP contribution in [0.2, 0.25) is 0 Å². The minimum Gasteiger partial charge on any atom is -0.481 e. The molecular weight excluding hydrogens is 1120 g/mol. The number of rotatable bonds is 36. The van der Waals surface area contributed by atoms with Crippen LogP contribution in [0.15, 0.2) is 0 Å². The molecule has 2 aliphatic carbocycles. The largest absolute Gasteiger partial charge is 0.481 e. The first-order chi connectivity index (χ1) is 40.0. The lowest BCUT2D eigenvalue weighted by atomic mass is 9.84. The Morgan fingerprint density at radius 3 is 1.47 bits per heavy atom. The van der Waals surface area contributed by atoms with Gasteiger partial charge in [0.05, 0.1) is 18.9 Å². The molecule has 3 fully saturated rings. The van der Waals surface area contributed by atoms with E-state index in [-0.39, 0.29) is 68.1 Å². The minimum absolute atomic E-state index is 0.00623. The first-order valence-electron chi connectivity index (χ1n) is 30.2. The van der Waals surface area contributed by atoms with E-state index in [1.165, 1.54) is 4.90 Å². The summed E-state index contributed by atoms with van der Waals surface area (Å²) < 4.78 is 0. The van der Waals surface area contributed by atoms with Gasteiger partial charge in [-0.05, 0) is 74.5 Å². The van der Waals surface area contributed by atoms with E-state index in [4.69, 9.17) is 22.3 Å². The van der Waals surface area contributed by atoms with Crippen molar-refractivity contribution < 1.29 is 72.5 Å². The Labute approximate surface area is 503 Å². The van der Waals surface area contributed by atoms with E-state index in [9.17, 15) is 67.4 Å². The highest BCUT2D eigenvalue weighted by atomic mass is 32.1. The molecule has 0 aromatic heterocycles. The zero-order chi connectivity index (χ0) is 63.7. The highest BCUT2D eigenvalue weighted by molar-refractivity contribution is 7.80. The molecule has 1 saturated heterocycles. The molecular formula is C57H96N12O15S. The minimum atomic E-state index is -1.58. The second-order valence-electron chi connectivity index (χ2n) is 24.1. The number of hydrogen-bond acceptors (Lipinski definition) is 15. The molecule has 3 aliphatic rings. The summed E-state index contributed by atoms with van der Waals surface area (Å²) in [5.41, 5.74) is 16.8. The third kappa shape index (κ3) is 25.1. The Bertz CT molecular complexity index is 2330. The van der Waals surface area contributed by atoms with Crippen LogP contribution in [-0.2, 0) is 62.3 Å². The van der Waals surface area contributed by atoms with Crippen LogP contribution in [0.3, 0.4) is 0 Å². The summed E-state index contributed by atoms with van der Waals surface area (Å²) in [6.07, 6.45) is 7.64. The van der Waals surface area contributed by atoms with E-state index in [0.29, 0.717) is 12.8 Å². The topological polar surface area (TPSA) is 440 Å². The number of amides is 11. The summed E-state index contributed by atoms with van der Waals surface area (Å²) in [6.45, 7) is 10.8. The smallest absolute Gasteiger partial charge is 0.305 e. The molecule has 11 amide bonds. The third-order valence-electron chi connectivity index (χ3n) is 16.0. The van der Waals surface area contributed by atoms with Crippen molar-refractivity contribution in [3.63, 3.8) is 0 Å². The van der Waals surface area contributed by atoms with Crippen LogP contribution in [-0.4, -0.2) is 165 Å². The van der Waals surface area contributed by atoms with Crippen LogP contribution in [0.25, 0.3) is 0 Å². The van der Waals surface area contributed by atoms with Gasteiger partial charge in [0, 0.05) is 18.7 Å². The van der Waals surface area contributed by atoms with Crippen molar-refractivity contribution in [1.29, 1.82) is 0 Å². The van der Waals surface area contributed by atoms with Crippen molar-refractivity contribution in [3.8, 4) is 0 Å². The van der Waals surface area contributed by atoms with Crippen molar-refractivity contribution in [1.82, 2.24) is 47.4 Å². The number of aliphatic carboxylic acids is 2. The van der Waals surface area contributed by atoms with E-state index in [1.807, 2.05) is 13.8 Å². The van der Waals surface area contributed by atoms with Crippen molar-refractivity contribution in [3.05, 3.63) is 0 Å². The van der Waals surface area contributed by atoms with Gasteiger partial charge in [0.2, 0.25) is 65.0 Å². The molecule has 0 spiro atoms. The maximum atomic E-state index is 14.6. The Kier molecular flexibility index (Phi) is 31.1. The van der Waals surface area contributed by atoms with Crippen molar-refractivity contribution in [2.24, 2.45) is 46.8 Å². The van der Waals surface area contributed by atoms with Gasteiger partial charge in [0.1, 0.15) is 54.4 Å². The molecule has 27 nitrogen and oxygen atoms in total. The summed E-state index contributed by atoms with van der Waals surface area (Å²) in [6, 6.07) is -13.3. The van der Waals surface area contributed by atoms with Gasteiger partial charge in [-0.3, -0.25) is 62.3 Å². The van der Waals surface area contributed by atoms with Crippen LogP contribution >= 0.6 is 12.6 Å². The van der Waals surface area contributed by atoms with Gasteiger partial charge in [-0.15, -0.1) is 0 Å². The first kappa shape index (κ1) is 72.7. The lowest BCUT2D eigenvalue weighted by Crippen LogP contribution is -2.61. The van der Waals surface area contributed by atoms with E-state index >= 15 is 0 Å². The normalized spacial score (nSPS) is 19.2. The Morgan fingerprint density at radius 1 is 0.518 bits per heavy atom. The van der Waals surface area contributed by atoms with E-state index in [2.05, 4.69) is 55.2 Å². The van der Waals surface area contributed by atoms with Crippen molar-refractivity contribution in [2.45, 2.75) is 237 Å². The average molecular weight is 1220 g/mol. The molecule has 11 atom stereocenters. The number of nitrogens with two attached hydrogens (primary N) is 3. The Morgan fingerprint density at radius 2 is 0.976 bits per heavy atom. The Hall–Kier alpha value is -6.58. The fourth-order valence-corrected chi connectivity index (χ4v) is 11.4. The number of carbonyl (C=O) groups excluding carboxylic acids is 11. The van der Waals surface area contributed by atoms with E-state index < -0.39 is 169 Å². The maximum absolute atomic E-state index is 14.6. The van der Waals surface area contributed by atoms with E-state index in [0.717, 1.165) is 64.2 Å². The fourth-order valence-electron chi connectivity index (χ4n) is 11.2. The van der Waals surface area contributed by atoms with Crippen molar-refractivity contribution in [2.75, 3.05) is 12.3 Å². The lowest BCUT2D eigenvalue weighted by molar-refractivity contribution is -0.142. The van der Waals surface area contributed by atoms with Gasteiger partial charge in [-0.1, -0.05) is 112 Å². The van der Waals surface area contributed by atoms with Crippen molar-refractivity contribution >= 4 is 89.5 Å². The highest BCUT2D eigenvalue weighted by Gasteiger charge is 2.42. The van der Waals surface area contributed by atoms with Gasteiger partial charge in [0.15, 0.2) is 0 Å². The number of carboxylic acid groups (broad SMARTS) is 2. The molecule has 28 heteroatoms. The average Bonchev–Trinajstić information content (AvgIpc) is 4.05. The number of likely N-dealkylation sites (tertiary alicyclic amines) is 1. The van der Waals surface area contributed by atoms with Crippen LogP contribution in [0.1, 0.15) is 176 Å². The van der Waals surface area contributed by atoms with Gasteiger partial charge >= 0.3 is 11.9 Å². The molecule has 16 N–H and O–H groups in total. The molecule has 0 bridgehead atoms. The standard InChI is InChI=1S/C57H96N12O15S/c1-7-32(6)47(68-54(81)38(24-31(4)5)63-50(77)36(20-21-45(71)72)61-49(76)35(58)27-46(73)74)56(83)66-40(26-34-17-12-9-13-18-34)52(79)67-42(29-85)57(84)69-22-14-19-43(69)55(82)65-39(25-33-15-10-8-11-16-33)51(78)64-41(28-44(59)70)53(80)62-37(48(60)75)23-30(2)3/h30-43,47,85H,7-29,58H2,1-6H3,(H2,59,70)(H2,60,75)(H,61,76)(H,62,80)(H,63,77)(H,64,78)(H,65,82)(H,66,83)(H,67,79)(H,68,81)(H,71,72)(H,73,74)/t32-,35-,36+,37-,38-,39-,40-,41-,42-,43-,47-/m0/s1. The molecule has 85 heavy (non-hydrogen) atoms. The number of primary amides is 2. The third-order valence-corrected chi connectivity index (χ3v) is 16.4. The first-order valence-corrected chi connectivity index (χ1v) is 30.8. The Balaban J connectivity index is 1.88. The highest BCUT2D eigenvalue weighted by Crippen LogP contribution is 2.30. The predicted molar refractivity (Wildman–Crippen MR) is 315 cm³/mol. The summed E-state index contributed by atoms with van der Waals surface area (Å²) in [5, 5.41) is 39.6. The molecule has 0 aromatic rings. The zero-order valence-electron chi connectivity index (χ0n) is 50.3. The second-order valence-corrected chi connectivity index (χ2v) is 24.5. The quantitative estimate of drug-likeness (QED) is 0.0364. The predicted octanol–water partition coefficient (Wildman–Crippen LogP) is -0.108. The maximum Gasteiger partial charge on any atom is 0.305 e. The number of carbonyl (C=O) groups is 13. The summed E-state index contributed by atoms with van der Waals surface area (Å²) in [4.78, 5) is 175. The van der Waals surface area contributed by atoms with Crippen LogP contribution in [0.5, 0.6) is 0 Å². The molecule has 3 rings (SSSR count). The zero-order valence-corrected chi connectivity index (χ0v) is 51.1. The van der Waals surface area contributed by atoms with Crippen LogP contribution < -0.4 is 59.7 Å². The molecule has 2 saturated carbocycles. The van der Waals surface area contributed by atoms with Gasteiger partial charge < -0.3 is 74.8 Å². The van der Waals surface area contributed by atoms with Gasteiger partial charge in [0.25, 0.3) is 0 Å². The number of carboxylic acids is 2. The number of thiol groups is 1. The lowest BCUT2D eigenvalue weighted by Gasteiger charge is -2.33. The summed E-state index contributed by atoms with van der Waals surface area (Å²) in [7, 11) is 0. The number of nitrogens with one attached hydrogen (secondary N) is 8. The molecule has 1 aliphatic heterocycles. The number of nitrogens with zero attached hydrogens (tertiary/aromatic N) is 1. The summed E-state index contributed by atoms with van der Waals surface area (Å²) in [5.74, 6) is -12.8. The van der Waals surface area contributed by atoms with Gasteiger partial charge in [-0.25, -0.2) is 0 Å². The van der Waals surface area contributed by atoms with Crippen LogP contribution in [0.4, 0.5) is 0 Å². The molecule has 1 heterocycles. The molecule has 0 radical (unpaired) electrons. The van der Waals surface area contributed by atoms with Gasteiger partial charge in [-0.2, -0.15) is 12.6 Å². The summed E-state index contributed by atoms with van der Waals surface area (Å²) >= 11 is 4.45. The monoisotopic (exact) mass is 1220 g/mol. The van der Waals surface area contributed by atoms with Crippen LogP contribution in [0, 0.1) is 29.6 Å². The molecule has 480 valence electrons.